The predicted molar refractivity (Wildman–Crippen MR) is 85.9 cm³/mol. The Kier molecular flexibility index (Phi) is 5.35. The van der Waals surface area contributed by atoms with Gasteiger partial charge in [0.15, 0.2) is 11.5 Å². The van der Waals surface area contributed by atoms with Crippen molar-refractivity contribution in [2.24, 2.45) is 0 Å². The lowest BCUT2D eigenvalue weighted by Crippen LogP contribution is -2.25. The SMILES string of the molecule is CCOc1ccc(CN(C)c2[nH+]cccc2[N+](=O)[O-])cc1OC. The molecule has 1 aromatic heterocycles. The van der Waals surface area contributed by atoms with E-state index in [2.05, 4.69) is 4.98 Å². The molecule has 0 unspecified atom stereocenters. The number of hydrogen-bond acceptors (Lipinski definition) is 5. The number of aromatic nitrogens is 1. The summed E-state index contributed by atoms with van der Waals surface area (Å²) in [5, 5.41) is 11.1. The highest BCUT2D eigenvalue weighted by Crippen LogP contribution is 2.29. The van der Waals surface area contributed by atoms with Gasteiger partial charge in [-0.3, -0.25) is 15.0 Å². The van der Waals surface area contributed by atoms with Crippen LogP contribution in [0.15, 0.2) is 36.5 Å². The normalized spacial score (nSPS) is 10.2. The van der Waals surface area contributed by atoms with E-state index in [0.29, 0.717) is 30.5 Å². The molecule has 7 nitrogen and oxygen atoms in total. The molecule has 1 N–H and O–H groups in total. The summed E-state index contributed by atoms with van der Waals surface area (Å²) < 4.78 is 10.8. The monoisotopic (exact) mass is 318 g/mol. The molecule has 7 heteroatoms. The second-order valence-electron chi connectivity index (χ2n) is 4.94. The van der Waals surface area contributed by atoms with Gasteiger partial charge in [0.05, 0.1) is 31.9 Å². The lowest BCUT2D eigenvalue weighted by atomic mass is 10.2. The van der Waals surface area contributed by atoms with Crippen LogP contribution < -0.4 is 19.4 Å². The molecule has 23 heavy (non-hydrogen) atoms. The fraction of sp³-hybridized carbons (Fsp3) is 0.312. The van der Waals surface area contributed by atoms with Crippen LogP contribution in [-0.4, -0.2) is 25.7 Å². The van der Waals surface area contributed by atoms with Gasteiger partial charge in [-0.15, -0.1) is 0 Å². The third kappa shape index (κ3) is 3.88. The number of aromatic amines is 1. The van der Waals surface area contributed by atoms with Crippen LogP contribution in [0.4, 0.5) is 11.5 Å². The number of methoxy groups -OCH3 is 1. The summed E-state index contributed by atoms with van der Waals surface area (Å²) in [5.41, 5.74) is 0.993. The molecule has 0 aliphatic carbocycles. The molecule has 1 aromatic carbocycles. The summed E-state index contributed by atoms with van der Waals surface area (Å²) in [5.74, 6) is 1.77. The summed E-state index contributed by atoms with van der Waals surface area (Å²) in [6.07, 6.45) is 1.66. The molecular weight excluding hydrogens is 298 g/mol. The second kappa shape index (κ2) is 7.44. The van der Waals surface area contributed by atoms with Gasteiger partial charge in [-0.2, -0.15) is 0 Å². The number of benzene rings is 1. The number of hydrogen-bond donors (Lipinski definition) is 0. The van der Waals surface area contributed by atoms with Crippen LogP contribution in [0.1, 0.15) is 12.5 Å². The van der Waals surface area contributed by atoms with Crippen LogP contribution in [0.3, 0.4) is 0 Å². The molecule has 2 aromatic rings. The molecule has 0 amide bonds. The maximum Gasteiger partial charge on any atom is 0.357 e. The number of nitrogens with one attached hydrogen (secondary N) is 1. The molecule has 0 atom stereocenters. The van der Waals surface area contributed by atoms with E-state index in [-0.39, 0.29) is 5.69 Å². The van der Waals surface area contributed by atoms with E-state index in [1.165, 1.54) is 6.07 Å². The van der Waals surface area contributed by atoms with Crippen LogP contribution in [-0.2, 0) is 6.54 Å². The number of pyridine rings is 1. The molecule has 1 heterocycles. The van der Waals surface area contributed by atoms with E-state index in [4.69, 9.17) is 9.47 Å². The van der Waals surface area contributed by atoms with Gasteiger partial charge < -0.3 is 9.47 Å². The first-order valence-electron chi connectivity index (χ1n) is 7.22. The maximum absolute atomic E-state index is 11.1. The summed E-state index contributed by atoms with van der Waals surface area (Å²) >= 11 is 0. The van der Waals surface area contributed by atoms with Crippen LogP contribution in [0.25, 0.3) is 0 Å². The van der Waals surface area contributed by atoms with Gasteiger partial charge in [0.1, 0.15) is 6.54 Å². The van der Waals surface area contributed by atoms with Crippen molar-refractivity contribution in [3.8, 4) is 11.5 Å². The van der Waals surface area contributed by atoms with Crippen LogP contribution >= 0.6 is 0 Å². The van der Waals surface area contributed by atoms with Crippen LogP contribution in [0.2, 0.25) is 0 Å². The zero-order valence-corrected chi connectivity index (χ0v) is 13.4. The number of nitrogens with zero attached hydrogens (tertiary/aromatic N) is 2. The summed E-state index contributed by atoms with van der Waals surface area (Å²) in [7, 11) is 3.38. The number of H-pyrrole nitrogens is 1. The van der Waals surface area contributed by atoms with Gasteiger partial charge in [0.2, 0.25) is 0 Å². The zero-order chi connectivity index (χ0) is 16.8. The summed E-state index contributed by atoms with van der Waals surface area (Å²) in [4.78, 5) is 15.4. The average Bonchev–Trinajstić information content (AvgIpc) is 2.56. The highest BCUT2D eigenvalue weighted by Gasteiger charge is 2.24. The maximum atomic E-state index is 11.1. The van der Waals surface area contributed by atoms with E-state index in [1.54, 1.807) is 31.3 Å². The molecule has 0 radical (unpaired) electrons. The number of rotatable bonds is 7. The van der Waals surface area contributed by atoms with Gasteiger partial charge in [-0.1, -0.05) is 6.07 Å². The average molecular weight is 318 g/mol. The van der Waals surface area contributed by atoms with Crippen molar-refractivity contribution in [2.45, 2.75) is 13.5 Å². The van der Waals surface area contributed by atoms with Crippen molar-refractivity contribution in [3.63, 3.8) is 0 Å². The quantitative estimate of drug-likeness (QED) is 0.579. The molecular formula is C16H20N3O4+. The Morgan fingerprint density at radius 3 is 2.74 bits per heavy atom. The van der Waals surface area contributed by atoms with Gasteiger partial charge in [-0.05, 0) is 30.7 Å². The fourth-order valence-electron chi connectivity index (χ4n) is 2.31. The van der Waals surface area contributed by atoms with E-state index >= 15 is 0 Å². The first-order valence-corrected chi connectivity index (χ1v) is 7.22. The smallest absolute Gasteiger partial charge is 0.357 e. The number of nitro groups is 1. The molecule has 0 saturated carbocycles. The molecule has 122 valence electrons. The minimum absolute atomic E-state index is 0.0351. The predicted octanol–water partition coefficient (Wildman–Crippen LogP) is 2.45. The van der Waals surface area contributed by atoms with Crippen molar-refractivity contribution >= 4 is 11.5 Å². The Balaban J connectivity index is 2.24. The van der Waals surface area contributed by atoms with Crippen LogP contribution in [0, 0.1) is 10.1 Å². The molecule has 0 spiro atoms. The van der Waals surface area contributed by atoms with E-state index in [0.717, 1.165) is 5.56 Å². The molecule has 0 bridgehead atoms. The molecule has 0 aliphatic rings. The topological polar surface area (TPSA) is 79.0 Å². The molecule has 2 rings (SSSR count). The van der Waals surface area contributed by atoms with Gasteiger partial charge in [0, 0.05) is 6.07 Å². The lowest BCUT2D eigenvalue weighted by molar-refractivity contribution is -0.411. The minimum Gasteiger partial charge on any atom is -0.493 e. The fourth-order valence-corrected chi connectivity index (χ4v) is 2.31. The Labute approximate surface area is 134 Å². The van der Waals surface area contributed by atoms with Gasteiger partial charge >= 0.3 is 11.5 Å². The van der Waals surface area contributed by atoms with Crippen LogP contribution in [0.5, 0.6) is 11.5 Å². The first-order chi connectivity index (χ1) is 11.1. The molecule has 0 saturated heterocycles. The van der Waals surface area contributed by atoms with Crippen molar-refractivity contribution < 1.29 is 19.4 Å². The minimum atomic E-state index is -0.402. The Morgan fingerprint density at radius 1 is 1.30 bits per heavy atom. The van der Waals surface area contributed by atoms with Crippen molar-refractivity contribution in [3.05, 3.63) is 52.2 Å². The third-order valence-electron chi connectivity index (χ3n) is 3.34. The van der Waals surface area contributed by atoms with E-state index in [1.807, 2.05) is 25.1 Å². The molecule has 0 fully saturated rings. The highest BCUT2D eigenvalue weighted by atomic mass is 16.6. The van der Waals surface area contributed by atoms with Crippen molar-refractivity contribution in [2.75, 3.05) is 25.7 Å². The van der Waals surface area contributed by atoms with Gasteiger partial charge in [-0.25, -0.2) is 4.98 Å². The Hall–Kier alpha value is -2.83. The van der Waals surface area contributed by atoms with Crippen molar-refractivity contribution in [1.82, 2.24) is 0 Å². The summed E-state index contributed by atoms with van der Waals surface area (Å²) in [6.45, 7) is 2.95. The van der Waals surface area contributed by atoms with E-state index in [9.17, 15) is 10.1 Å². The largest absolute Gasteiger partial charge is 0.493 e. The Bertz CT molecular complexity index is 691. The summed E-state index contributed by atoms with van der Waals surface area (Å²) in [6, 6.07) is 8.71. The third-order valence-corrected chi connectivity index (χ3v) is 3.34. The van der Waals surface area contributed by atoms with Crippen molar-refractivity contribution in [1.29, 1.82) is 0 Å². The first kappa shape index (κ1) is 16.5. The number of anilines is 1. The second-order valence-corrected chi connectivity index (χ2v) is 4.94. The Morgan fingerprint density at radius 2 is 2.09 bits per heavy atom. The number of ether oxygens (including phenoxy) is 2. The standard InChI is InChI=1S/C16H19N3O4/c1-4-23-14-8-7-12(10-15(14)22-3)11-18(2)16-13(19(20)21)6-5-9-17-16/h5-10H,4,11H2,1-3H3/p+1. The lowest BCUT2D eigenvalue weighted by Gasteiger charge is -2.14. The molecule has 0 aliphatic heterocycles. The van der Waals surface area contributed by atoms with E-state index < -0.39 is 4.92 Å². The van der Waals surface area contributed by atoms with Gasteiger partial charge in [0.25, 0.3) is 0 Å². The highest BCUT2D eigenvalue weighted by molar-refractivity contribution is 5.53. The zero-order valence-electron chi connectivity index (χ0n) is 13.4.